The van der Waals surface area contributed by atoms with Crippen LogP contribution in [-0.2, 0) is 6.18 Å². The van der Waals surface area contributed by atoms with Gasteiger partial charge in [-0.2, -0.15) is 17.6 Å². The molecule has 0 saturated heterocycles. The Morgan fingerprint density at radius 3 is 2.24 bits per heavy atom. The number of hydrogen-bond acceptors (Lipinski definition) is 6. The van der Waals surface area contributed by atoms with E-state index in [1.165, 1.54) is 19.2 Å². The Labute approximate surface area is 209 Å². The molecule has 198 valence electrons. The van der Waals surface area contributed by atoms with Gasteiger partial charge in [0, 0.05) is 18.7 Å². The summed E-state index contributed by atoms with van der Waals surface area (Å²) in [6.45, 7) is 1.17. The van der Waals surface area contributed by atoms with Gasteiger partial charge in [0.2, 0.25) is 17.0 Å². The Bertz CT molecular complexity index is 1650. The van der Waals surface area contributed by atoms with Gasteiger partial charge in [0.15, 0.2) is 23.1 Å². The average molecular weight is 538 g/mol. The lowest BCUT2D eigenvalue weighted by molar-refractivity contribution is -0.140. The van der Waals surface area contributed by atoms with E-state index in [9.17, 15) is 35.9 Å². The maximum atomic E-state index is 14.7. The number of methoxy groups -OCH3 is 2. The molecule has 0 radical (unpaired) electrons. The first-order valence-electron chi connectivity index (χ1n) is 10.6. The third-order valence-electron chi connectivity index (χ3n) is 5.49. The molecule has 2 heterocycles. The number of fused-ring (bicyclic) bond motifs is 1. The van der Waals surface area contributed by atoms with Crippen molar-refractivity contribution in [2.45, 2.75) is 13.1 Å². The lowest BCUT2D eigenvalue weighted by Crippen LogP contribution is -2.14. The first-order chi connectivity index (χ1) is 17.9. The van der Waals surface area contributed by atoms with Crippen LogP contribution in [0.25, 0.3) is 22.2 Å². The monoisotopic (exact) mass is 538 g/mol. The third-order valence-corrected chi connectivity index (χ3v) is 5.49. The molecule has 4 rings (SSSR count). The van der Waals surface area contributed by atoms with Gasteiger partial charge in [0.1, 0.15) is 17.3 Å². The molecule has 0 aliphatic heterocycles. The number of pyridine rings is 2. The van der Waals surface area contributed by atoms with Crippen LogP contribution in [0.3, 0.4) is 0 Å². The molecule has 0 fully saturated rings. The Balaban J connectivity index is 2.07. The van der Waals surface area contributed by atoms with E-state index in [4.69, 9.17) is 14.2 Å². The summed E-state index contributed by atoms with van der Waals surface area (Å²) in [6.07, 6.45) is -3.95. The van der Waals surface area contributed by atoms with Crippen molar-refractivity contribution in [1.29, 1.82) is 0 Å². The highest BCUT2D eigenvalue weighted by Crippen LogP contribution is 2.44. The number of carbonyl (C=O) groups is 1. The number of benzene rings is 2. The molecule has 0 unspecified atom stereocenters. The third kappa shape index (κ3) is 4.51. The molecule has 0 spiro atoms. The number of aromatic amines is 1. The Morgan fingerprint density at radius 2 is 1.63 bits per heavy atom. The van der Waals surface area contributed by atoms with Gasteiger partial charge in [-0.15, -0.1) is 0 Å². The molecule has 13 heteroatoms. The second-order valence-electron chi connectivity index (χ2n) is 7.82. The number of ketones is 1. The highest BCUT2D eigenvalue weighted by atomic mass is 19.4. The lowest BCUT2D eigenvalue weighted by atomic mass is 10.0. The number of carbonyl (C=O) groups excluding carboxylic acids is 1. The molecule has 0 saturated carbocycles. The number of ether oxygens (including phenoxy) is 3. The normalized spacial score (nSPS) is 11.5. The summed E-state index contributed by atoms with van der Waals surface area (Å²) in [7, 11) is 2.05. The van der Waals surface area contributed by atoms with Gasteiger partial charge in [-0.25, -0.2) is 8.78 Å². The van der Waals surface area contributed by atoms with E-state index in [0.29, 0.717) is 18.2 Å². The molecule has 7 nitrogen and oxygen atoms in total. The van der Waals surface area contributed by atoms with E-state index in [1.54, 1.807) is 0 Å². The quantitative estimate of drug-likeness (QED) is 0.238. The predicted molar refractivity (Wildman–Crippen MR) is 122 cm³/mol. The van der Waals surface area contributed by atoms with Crippen molar-refractivity contribution >= 4 is 16.7 Å². The molecule has 0 aliphatic carbocycles. The fourth-order valence-corrected chi connectivity index (χ4v) is 3.82. The average Bonchev–Trinajstić information content (AvgIpc) is 2.86. The first-order valence-corrected chi connectivity index (χ1v) is 10.6. The molecule has 38 heavy (non-hydrogen) atoms. The van der Waals surface area contributed by atoms with Gasteiger partial charge in [-0.3, -0.25) is 14.6 Å². The molecule has 2 aromatic heterocycles. The van der Waals surface area contributed by atoms with Crippen LogP contribution in [0.15, 0.2) is 41.3 Å². The van der Waals surface area contributed by atoms with Gasteiger partial charge < -0.3 is 19.2 Å². The van der Waals surface area contributed by atoms with Crippen LogP contribution in [-0.4, -0.2) is 30.0 Å². The maximum Gasteiger partial charge on any atom is 0.419 e. The predicted octanol–water partition coefficient (Wildman–Crippen LogP) is 6.04. The molecule has 0 aliphatic rings. The second-order valence-corrected chi connectivity index (χ2v) is 7.82. The number of alkyl halides is 3. The van der Waals surface area contributed by atoms with E-state index in [0.717, 1.165) is 20.3 Å². The minimum atomic E-state index is -5.16. The number of hydrogen-bond donors (Lipinski definition) is 1. The van der Waals surface area contributed by atoms with Crippen LogP contribution >= 0.6 is 0 Å². The number of H-pyrrole nitrogens is 1. The van der Waals surface area contributed by atoms with Crippen molar-refractivity contribution in [2.24, 2.45) is 0 Å². The van der Waals surface area contributed by atoms with Gasteiger partial charge in [0.25, 0.3) is 0 Å². The van der Waals surface area contributed by atoms with Gasteiger partial charge >= 0.3 is 6.18 Å². The van der Waals surface area contributed by atoms with Crippen LogP contribution in [0.5, 0.6) is 23.0 Å². The zero-order valence-corrected chi connectivity index (χ0v) is 19.7. The minimum absolute atomic E-state index is 0.0302. The topological polar surface area (TPSA) is 90.5 Å². The zero-order chi connectivity index (χ0) is 27.9. The Kier molecular flexibility index (Phi) is 6.78. The summed E-state index contributed by atoms with van der Waals surface area (Å²) in [5.41, 5.74) is -3.54. The summed E-state index contributed by atoms with van der Waals surface area (Å²) in [5, 5.41) is -0.169. The van der Waals surface area contributed by atoms with Gasteiger partial charge in [-0.1, -0.05) is 0 Å². The largest absolute Gasteiger partial charge is 0.491 e. The van der Waals surface area contributed by atoms with Gasteiger partial charge in [-0.05, 0) is 30.3 Å². The van der Waals surface area contributed by atoms with Gasteiger partial charge in [0.05, 0.1) is 36.4 Å². The lowest BCUT2D eigenvalue weighted by Gasteiger charge is -2.19. The van der Waals surface area contributed by atoms with Crippen molar-refractivity contribution < 1.29 is 45.3 Å². The molecule has 4 aromatic rings. The molecule has 2 aromatic carbocycles. The van der Waals surface area contributed by atoms with E-state index in [-0.39, 0.29) is 22.3 Å². The van der Waals surface area contributed by atoms with E-state index >= 15 is 0 Å². The fraction of sp³-hybridized carbons (Fsp3) is 0.160. The number of nitrogens with one attached hydrogen (secondary N) is 1. The standard InChI is InChI=1S/C25H16F6N2O5/c1-10(34)20-18-15(6-7-32-20)33-21(24(37-3)22(18)35)11-8-14(27)12(25(29,30)31)9-17(11)38-16-5-4-13(26)19(28)23(16)36-2/h4-9H,1-3H3,(H,33,35). The summed E-state index contributed by atoms with van der Waals surface area (Å²) in [4.78, 5) is 31.9. The summed E-state index contributed by atoms with van der Waals surface area (Å²) in [5.74, 6) is -7.61. The van der Waals surface area contributed by atoms with Crippen molar-refractivity contribution in [2.75, 3.05) is 14.2 Å². The van der Waals surface area contributed by atoms with Crippen molar-refractivity contribution in [1.82, 2.24) is 9.97 Å². The van der Waals surface area contributed by atoms with Crippen LogP contribution in [0.1, 0.15) is 23.0 Å². The number of halogens is 6. The van der Waals surface area contributed by atoms with Crippen LogP contribution in [0.2, 0.25) is 0 Å². The molecule has 0 amide bonds. The number of Topliss-reactive ketones (excluding diaryl/α,β-unsaturated/α-hetero) is 1. The highest BCUT2D eigenvalue weighted by molar-refractivity contribution is 6.05. The number of aromatic nitrogens is 2. The van der Waals surface area contributed by atoms with Crippen molar-refractivity contribution in [3.63, 3.8) is 0 Å². The van der Waals surface area contributed by atoms with Crippen LogP contribution in [0, 0.1) is 17.5 Å². The Morgan fingerprint density at radius 1 is 0.947 bits per heavy atom. The molecule has 0 atom stereocenters. The highest BCUT2D eigenvalue weighted by Gasteiger charge is 2.36. The van der Waals surface area contributed by atoms with E-state index in [2.05, 4.69) is 9.97 Å². The number of rotatable bonds is 6. The summed E-state index contributed by atoms with van der Waals surface area (Å²) < 4.78 is 98.8. The molecular weight excluding hydrogens is 522 g/mol. The smallest absolute Gasteiger partial charge is 0.419 e. The van der Waals surface area contributed by atoms with E-state index < -0.39 is 69.0 Å². The molecule has 0 bridgehead atoms. The van der Waals surface area contributed by atoms with E-state index in [1.807, 2.05) is 0 Å². The second kappa shape index (κ2) is 9.72. The first kappa shape index (κ1) is 26.5. The fourth-order valence-electron chi connectivity index (χ4n) is 3.82. The zero-order valence-electron chi connectivity index (χ0n) is 19.7. The van der Waals surface area contributed by atoms with Crippen molar-refractivity contribution in [3.05, 3.63) is 75.5 Å². The van der Waals surface area contributed by atoms with Crippen molar-refractivity contribution in [3.8, 4) is 34.3 Å². The number of nitrogens with zero attached hydrogens (tertiary/aromatic N) is 1. The molecular formula is C25H16F6N2O5. The minimum Gasteiger partial charge on any atom is -0.491 e. The maximum absolute atomic E-state index is 14.7. The summed E-state index contributed by atoms with van der Waals surface area (Å²) >= 11 is 0. The van der Waals surface area contributed by atoms with Crippen LogP contribution in [0.4, 0.5) is 26.3 Å². The summed E-state index contributed by atoms with van der Waals surface area (Å²) in [6, 6.07) is 3.59. The van der Waals surface area contributed by atoms with Crippen LogP contribution < -0.4 is 19.6 Å². The SMILES string of the molecule is COc1c(Oc2cc(C(F)(F)F)c(F)cc2-c2[nH]c3ccnc(C(C)=O)c3c(=O)c2OC)ccc(F)c1F. The molecule has 1 N–H and O–H groups in total. The Hall–Kier alpha value is -4.55.